The molecule has 1 aromatic heterocycles. The molecule has 0 aliphatic carbocycles. The van der Waals surface area contributed by atoms with Crippen LogP contribution in [-0.4, -0.2) is 30.0 Å². The average molecular weight is 264 g/mol. The summed E-state index contributed by atoms with van der Waals surface area (Å²) in [5.74, 6) is 3.43. The zero-order valence-electron chi connectivity index (χ0n) is 12.2. The lowest BCUT2D eigenvalue weighted by Crippen LogP contribution is -2.41. The molecule has 2 rings (SSSR count). The monoisotopic (exact) mass is 264 g/mol. The van der Waals surface area contributed by atoms with Gasteiger partial charge in [-0.1, -0.05) is 17.2 Å². The van der Waals surface area contributed by atoms with E-state index in [0.29, 0.717) is 6.54 Å². The molecule has 1 aromatic rings. The highest BCUT2D eigenvalue weighted by Crippen LogP contribution is 2.36. The molecule has 104 valence electrons. The van der Waals surface area contributed by atoms with Crippen molar-refractivity contribution >= 4 is 12.9 Å². The van der Waals surface area contributed by atoms with Gasteiger partial charge in [-0.25, -0.2) is 0 Å². The molecule has 0 saturated carbocycles. The SMILES string of the molecule is Cc1cc(NC/C=C/B2OC(C)(C)C(C)(C)O2)no1. The van der Waals surface area contributed by atoms with Gasteiger partial charge >= 0.3 is 7.12 Å². The molecule has 1 N–H and O–H groups in total. The van der Waals surface area contributed by atoms with Gasteiger partial charge in [-0.15, -0.1) is 0 Å². The second kappa shape index (κ2) is 5.02. The van der Waals surface area contributed by atoms with Gasteiger partial charge in [-0.3, -0.25) is 0 Å². The molecule has 0 amide bonds. The van der Waals surface area contributed by atoms with E-state index >= 15 is 0 Å². The highest BCUT2D eigenvalue weighted by Gasteiger charge is 2.49. The third-order valence-corrected chi connectivity index (χ3v) is 3.59. The zero-order chi connectivity index (χ0) is 14.1. The van der Waals surface area contributed by atoms with Gasteiger partial charge in [0.2, 0.25) is 0 Å². The molecule has 0 spiro atoms. The van der Waals surface area contributed by atoms with E-state index in [1.165, 1.54) is 0 Å². The first kappa shape index (κ1) is 14.2. The Labute approximate surface area is 114 Å². The molecule has 0 bridgehead atoms. The number of nitrogens with one attached hydrogen (secondary N) is 1. The largest absolute Gasteiger partial charge is 0.486 e. The lowest BCUT2D eigenvalue weighted by atomic mass is 9.90. The minimum absolute atomic E-state index is 0.293. The van der Waals surface area contributed by atoms with E-state index in [9.17, 15) is 0 Å². The number of hydrogen-bond acceptors (Lipinski definition) is 5. The fraction of sp³-hybridized carbons (Fsp3) is 0.615. The topological polar surface area (TPSA) is 56.5 Å². The quantitative estimate of drug-likeness (QED) is 0.847. The summed E-state index contributed by atoms with van der Waals surface area (Å²) in [6, 6.07) is 1.85. The van der Waals surface area contributed by atoms with E-state index in [-0.39, 0.29) is 18.3 Å². The smallest absolute Gasteiger partial charge is 0.400 e. The number of aryl methyl sites for hydroxylation is 1. The van der Waals surface area contributed by atoms with Crippen molar-refractivity contribution < 1.29 is 13.8 Å². The lowest BCUT2D eigenvalue weighted by Gasteiger charge is -2.32. The van der Waals surface area contributed by atoms with Crippen molar-refractivity contribution in [1.82, 2.24) is 5.16 Å². The Kier molecular flexibility index (Phi) is 3.74. The molecule has 1 fully saturated rings. The molecule has 19 heavy (non-hydrogen) atoms. The summed E-state index contributed by atoms with van der Waals surface area (Å²) in [6.45, 7) is 10.7. The first-order chi connectivity index (χ1) is 8.80. The van der Waals surface area contributed by atoms with Crippen LogP contribution in [-0.2, 0) is 9.31 Å². The Morgan fingerprint density at radius 3 is 2.42 bits per heavy atom. The van der Waals surface area contributed by atoms with Gasteiger partial charge in [-0.2, -0.15) is 0 Å². The van der Waals surface area contributed by atoms with E-state index in [1.54, 1.807) is 0 Å². The van der Waals surface area contributed by atoms with E-state index in [2.05, 4.69) is 10.5 Å². The van der Waals surface area contributed by atoms with Crippen LogP contribution in [0, 0.1) is 6.92 Å². The first-order valence-electron chi connectivity index (χ1n) is 6.50. The highest BCUT2D eigenvalue weighted by atomic mass is 16.7. The maximum absolute atomic E-state index is 5.85. The molecule has 0 aromatic carbocycles. The molecule has 0 unspecified atom stereocenters. The summed E-state index contributed by atoms with van der Waals surface area (Å²) in [5, 5.41) is 6.98. The number of nitrogens with zero attached hydrogens (tertiary/aromatic N) is 1. The standard InChI is InChI=1S/C13H21BN2O3/c1-10-9-11(16-17-10)15-8-6-7-14-18-12(2,3)13(4,5)19-14/h6-7,9H,8H2,1-5H3,(H,15,16)/b7-6+. The normalized spacial score (nSPS) is 21.2. The van der Waals surface area contributed by atoms with Gasteiger partial charge in [0, 0.05) is 12.6 Å². The van der Waals surface area contributed by atoms with Crippen LogP contribution < -0.4 is 5.32 Å². The second-order valence-electron chi connectivity index (χ2n) is 5.76. The maximum Gasteiger partial charge on any atom is 0.486 e. The van der Waals surface area contributed by atoms with Crippen LogP contribution in [0.25, 0.3) is 0 Å². The Balaban J connectivity index is 1.81. The summed E-state index contributed by atoms with van der Waals surface area (Å²) >= 11 is 0. The fourth-order valence-electron chi connectivity index (χ4n) is 1.76. The Hall–Kier alpha value is -1.27. The Bertz CT molecular complexity index is 452. The van der Waals surface area contributed by atoms with Crippen LogP contribution >= 0.6 is 0 Å². The number of rotatable bonds is 4. The van der Waals surface area contributed by atoms with Crippen LogP contribution in [0.4, 0.5) is 5.82 Å². The van der Waals surface area contributed by atoms with Crippen LogP contribution in [0.15, 0.2) is 22.6 Å². The van der Waals surface area contributed by atoms with Crippen molar-refractivity contribution in [3.8, 4) is 0 Å². The second-order valence-corrected chi connectivity index (χ2v) is 5.76. The molecule has 5 nitrogen and oxygen atoms in total. The zero-order valence-corrected chi connectivity index (χ0v) is 12.2. The molecule has 2 heterocycles. The minimum Gasteiger partial charge on any atom is -0.400 e. The van der Waals surface area contributed by atoms with Gasteiger partial charge < -0.3 is 19.1 Å². The van der Waals surface area contributed by atoms with Crippen LogP contribution in [0.5, 0.6) is 0 Å². The van der Waals surface area contributed by atoms with Gasteiger partial charge in [-0.05, 0) is 34.6 Å². The van der Waals surface area contributed by atoms with Gasteiger partial charge in [0.15, 0.2) is 5.82 Å². The molecule has 1 aliphatic heterocycles. The first-order valence-corrected chi connectivity index (χ1v) is 6.50. The number of hydrogen-bond donors (Lipinski definition) is 1. The van der Waals surface area contributed by atoms with Crippen molar-refractivity contribution in [3.05, 3.63) is 23.9 Å². The van der Waals surface area contributed by atoms with Crippen molar-refractivity contribution in [2.45, 2.75) is 45.8 Å². The molecule has 1 aliphatic rings. The van der Waals surface area contributed by atoms with Gasteiger partial charge in [0.1, 0.15) is 5.76 Å². The van der Waals surface area contributed by atoms with Crippen molar-refractivity contribution in [3.63, 3.8) is 0 Å². The predicted octanol–water partition coefficient (Wildman–Crippen LogP) is 2.58. The van der Waals surface area contributed by atoms with Crippen LogP contribution in [0.2, 0.25) is 0 Å². The summed E-state index contributed by atoms with van der Waals surface area (Å²) in [5.41, 5.74) is -0.586. The summed E-state index contributed by atoms with van der Waals surface area (Å²) in [6.07, 6.45) is 1.96. The van der Waals surface area contributed by atoms with E-state index in [1.807, 2.05) is 52.7 Å². The van der Waals surface area contributed by atoms with E-state index in [4.69, 9.17) is 13.8 Å². The fourth-order valence-corrected chi connectivity index (χ4v) is 1.76. The molecular formula is C13H21BN2O3. The molecular weight excluding hydrogens is 243 g/mol. The molecule has 6 heteroatoms. The predicted molar refractivity (Wildman–Crippen MR) is 75.0 cm³/mol. The number of aromatic nitrogens is 1. The third-order valence-electron chi connectivity index (χ3n) is 3.59. The van der Waals surface area contributed by atoms with Gasteiger partial charge in [0.05, 0.1) is 11.2 Å². The summed E-state index contributed by atoms with van der Waals surface area (Å²) in [7, 11) is -0.300. The van der Waals surface area contributed by atoms with Gasteiger partial charge in [0.25, 0.3) is 0 Å². The average Bonchev–Trinajstić information content (AvgIpc) is 2.76. The maximum atomic E-state index is 5.85. The third kappa shape index (κ3) is 3.19. The van der Waals surface area contributed by atoms with Crippen molar-refractivity contribution in [2.24, 2.45) is 0 Å². The highest BCUT2D eigenvalue weighted by molar-refractivity contribution is 6.51. The lowest BCUT2D eigenvalue weighted by molar-refractivity contribution is 0.00578. The van der Waals surface area contributed by atoms with Crippen LogP contribution in [0.3, 0.4) is 0 Å². The summed E-state index contributed by atoms with van der Waals surface area (Å²) in [4.78, 5) is 0. The Morgan fingerprint density at radius 2 is 1.89 bits per heavy atom. The van der Waals surface area contributed by atoms with E-state index in [0.717, 1.165) is 11.6 Å². The van der Waals surface area contributed by atoms with Crippen LogP contribution in [0.1, 0.15) is 33.5 Å². The van der Waals surface area contributed by atoms with E-state index < -0.39 is 0 Å². The summed E-state index contributed by atoms with van der Waals surface area (Å²) < 4.78 is 16.7. The molecule has 0 atom stereocenters. The Morgan fingerprint density at radius 1 is 1.26 bits per heavy atom. The van der Waals surface area contributed by atoms with Crippen molar-refractivity contribution in [2.75, 3.05) is 11.9 Å². The van der Waals surface area contributed by atoms with Crippen molar-refractivity contribution in [1.29, 1.82) is 0 Å². The molecule has 0 radical (unpaired) electrons. The number of anilines is 1. The molecule has 1 saturated heterocycles. The minimum atomic E-state index is -0.300.